The number of esters is 1. The van der Waals surface area contributed by atoms with Crippen molar-refractivity contribution in [1.29, 1.82) is 0 Å². The zero-order valence-corrected chi connectivity index (χ0v) is 11.5. The number of benzene rings is 1. The average Bonchev–Trinajstić information content (AvgIpc) is 3.00. The Bertz CT molecular complexity index is 690. The molecule has 0 saturated carbocycles. The largest absolute Gasteiger partial charge is 0.488 e. The summed E-state index contributed by atoms with van der Waals surface area (Å²) in [5.41, 5.74) is 1.32. The van der Waals surface area contributed by atoms with Gasteiger partial charge in [-0.1, -0.05) is 25.1 Å². The van der Waals surface area contributed by atoms with Crippen molar-refractivity contribution in [2.24, 2.45) is 0 Å². The van der Waals surface area contributed by atoms with Gasteiger partial charge in [0.2, 0.25) is 5.89 Å². The molecule has 0 fully saturated rings. The monoisotopic (exact) mass is 286 g/mol. The van der Waals surface area contributed by atoms with E-state index < -0.39 is 5.97 Å². The van der Waals surface area contributed by atoms with Gasteiger partial charge in [0.05, 0.1) is 5.57 Å². The van der Waals surface area contributed by atoms with Crippen LogP contribution in [0.4, 0.5) is 0 Å². The van der Waals surface area contributed by atoms with Gasteiger partial charge in [0.15, 0.2) is 6.61 Å². The Balaban J connectivity index is 1.65. The van der Waals surface area contributed by atoms with Crippen LogP contribution in [0.2, 0.25) is 0 Å². The molecular formula is C15H14N2O4. The first-order valence-corrected chi connectivity index (χ1v) is 6.67. The molecule has 0 radical (unpaired) electrons. The van der Waals surface area contributed by atoms with Gasteiger partial charge < -0.3 is 13.9 Å². The van der Waals surface area contributed by atoms with E-state index in [1.165, 1.54) is 0 Å². The molecule has 0 N–H and O–H groups in total. The zero-order valence-electron chi connectivity index (χ0n) is 11.5. The molecule has 2 aromatic rings. The number of para-hydroxylation sites is 1. The van der Waals surface area contributed by atoms with Crippen LogP contribution >= 0.6 is 0 Å². The summed E-state index contributed by atoms with van der Waals surface area (Å²) in [5.74, 6) is 1.13. The fourth-order valence-corrected chi connectivity index (χ4v) is 1.94. The van der Waals surface area contributed by atoms with Crippen molar-refractivity contribution in [2.75, 3.05) is 6.61 Å². The SMILES string of the molecule is CCc1nnc(COC(=O)C2=Cc3ccccc3OC2)o1. The summed E-state index contributed by atoms with van der Waals surface area (Å²) in [5, 5.41) is 7.60. The van der Waals surface area contributed by atoms with Crippen LogP contribution in [-0.2, 0) is 22.6 Å². The third kappa shape index (κ3) is 2.94. The highest BCUT2D eigenvalue weighted by molar-refractivity contribution is 5.95. The van der Waals surface area contributed by atoms with Crippen LogP contribution in [0.25, 0.3) is 6.08 Å². The second kappa shape index (κ2) is 5.78. The third-order valence-electron chi connectivity index (χ3n) is 3.03. The van der Waals surface area contributed by atoms with E-state index in [-0.39, 0.29) is 19.1 Å². The molecule has 2 heterocycles. The number of carbonyl (C=O) groups is 1. The van der Waals surface area contributed by atoms with Crippen molar-refractivity contribution in [2.45, 2.75) is 20.0 Å². The highest BCUT2D eigenvalue weighted by atomic mass is 16.5. The van der Waals surface area contributed by atoms with Gasteiger partial charge in [0.1, 0.15) is 12.4 Å². The van der Waals surface area contributed by atoms with Gasteiger partial charge in [-0.2, -0.15) is 0 Å². The first-order chi connectivity index (χ1) is 10.3. The maximum absolute atomic E-state index is 12.0. The fourth-order valence-electron chi connectivity index (χ4n) is 1.94. The Hall–Kier alpha value is -2.63. The van der Waals surface area contributed by atoms with E-state index >= 15 is 0 Å². The van der Waals surface area contributed by atoms with Crippen LogP contribution in [0.1, 0.15) is 24.3 Å². The normalized spacial score (nSPS) is 13.1. The number of nitrogens with zero attached hydrogens (tertiary/aromatic N) is 2. The van der Waals surface area contributed by atoms with E-state index in [0.29, 0.717) is 17.9 Å². The molecule has 1 aromatic carbocycles. The summed E-state index contributed by atoms with van der Waals surface area (Å²) in [6, 6.07) is 7.51. The number of ether oxygens (including phenoxy) is 2. The van der Waals surface area contributed by atoms with Gasteiger partial charge in [0, 0.05) is 12.0 Å². The van der Waals surface area contributed by atoms with Gasteiger partial charge in [-0.25, -0.2) is 4.79 Å². The van der Waals surface area contributed by atoms with E-state index in [9.17, 15) is 4.79 Å². The fraction of sp³-hybridized carbons (Fsp3) is 0.267. The highest BCUT2D eigenvalue weighted by Gasteiger charge is 2.19. The molecule has 108 valence electrons. The molecule has 0 amide bonds. The van der Waals surface area contributed by atoms with E-state index in [2.05, 4.69) is 10.2 Å². The number of hydrogen-bond donors (Lipinski definition) is 0. The molecule has 3 rings (SSSR count). The van der Waals surface area contributed by atoms with E-state index in [1.54, 1.807) is 6.08 Å². The molecule has 1 aliphatic heterocycles. The second-order valence-corrected chi connectivity index (χ2v) is 4.52. The van der Waals surface area contributed by atoms with Gasteiger partial charge in [0.25, 0.3) is 5.89 Å². The summed E-state index contributed by atoms with van der Waals surface area (Å²) in [6.07, 6.45) is 2.42. The van der Waals surface area contributed by atoms with Crippen LogP contribution < -0.4 is 4.74 Å². The standard InChI is InChI=1S/C15H14N2O4/c1-2-13-16-17-14(21-13)9-20-15(18)11-7-10-5-3-4-6-12(10)19-8-11/h3-7H,2,8-9H2,1H3. The highest BCUT2D eigenvalue weighted by Crippen LogP contribution is 2.26. The third-order valence-corrected chi connectivity index (χ3v) is 3.03. The van der Waals surface area contributed by atoms with Gasteiger partial charge >= 0.3 is 5.97 Å². The van der Waals surface area contributed by atoms with Crippen molar-refractivity contribution in [3.8, 4) is 5.75 Å². The van der Waals surface area contributed by atoms with Crippen LogP contribution in [0.3, 0.4) is 0 Å². The molecule has 0 bridgehead atoms. The summed E-state index contributed by atoms with van der Waals surface area (Å²) >= 11 is 0. The number of rotatable bonds is 4. The number of aryl methyl sites for hydroxylation is 1. The molecule has 1 aromatic heterocycles. The Labute approximate surface area is 121 Å². The first-order valence-electron chi connectivity index (χ1n) is 6.67. The lowest BCUT2D eigenvalue weighted by molar-refractivity contribution is -0.141. The number of aromatic nitrogens is 2. The van der Waals surface area contributed by atoms with E-state index in [0.717, 1.165) is 11.3 Å². The van der Waals surface area contributed by atoms with Crippen molar-refractivity contribution in [3.63, 3.8) is 0 Å². The lowest BCUT2D eigenvalue weighted by Gasteiger charge is -2.16. The van der Waals surface area contributed by atoms with Crippen molar-refractivity contribution < 1.29 is 18.7 Å². The molecule has 6 nitrogen and oxygen atoms in total. The minimum absolute atomic E-state index is 0.0369. The second-order valence-electron chi connectivity index (χ2n) is 4.52. The first kappa shape index (κ1) is 13.4. The average molecular weight is 286 g/mol. The maximum atomic E-state index is 12.0. The summed E-state index contributed by atoms with van der Waals surface area (Å²) < 4.78 is 15.9. The Morgan fingerprint density at radius 3 is 2.90 bits per heavy atom. The van der Waals surface area contributed by atoms with Crippen LogP contribution in [0, 0.1) is 0 Å². The molecule has 0 atom stereocenters. The van der Waals surface area contributed by atoms with E-state index in [4.69, 9.17) is 13.9 Å². The summed E-state index contributed by atoms with van der Waals surface area (Å²) in [6.45, 7) is 2.07. The number of hydrogen-bond acceptors (Lipinski definition) is 6. The van der Waals surface area contributed by atoms with Crippen LogP contribution in [0.5, 0.6) is 5.75 Å². The van der Waals surface area contributed by atoms with Crippen LogP contribution in [0.15, 0.2) is 34.3 Å². The van der Waals surface area contributed by atoms with Crippen molar-refractivity contribution in [3.05, 3.63) is 47.2 Å². The zero-order chi connectivity index (χ0) is 14.7. The quantitative estimate of drug-likeness (QED) is 0.802. The van der Waals surface area contributed by atoms with Gasteiger partial charge in [-0.3, -0.25) is 0 Å². The number of carbonyl (C=O) groups excluding carboxylic acids is 1. The topological polar surface area (TPSA) is 74.5 Å². The lowest BCUT2D eigenvalue weighted by Crippen LogP contribution is -2.17. The maximum Gasteiger partial charge on any atom is 0.338 e. The lowest BCUT2D eigenvalue weighted by atomic mass is 10.1. The molecule has 21 heavy (non-hydrogen) atoms. The van der Waals surface area contributed by atoms with Crippen molar-refractivity contribution in [1.82, 2.24) is 10.2 Å². The Morgan fingerprint density at radius 1 is 1.29 bits per heavy atom. The molecule has 0 spiro atoms. The van der Waals surface area contributed by atoms with E-state index in [1.807, 2.05) is 31.2 Å². The molecule has 6 heteroatoms. The molecular weight excluding hydrogens is 272 g/mol. The minimum atomic E-state index is -0.444. The summed E-state index contributed by atoms with van der Waals surface area (Å²) in [4.78, 5) is 12.0. The smallest absolute Gasteiger partial charge is 0.338 e. The Kier molecular flexibility index (Phi) is 3.68. The molecule has 0 aliphatic carbocycles. The number of fused-ring (bicyclic) bond motifs is 1. The van der Waals surface area contributed by atoms with Crippen LogP contribution in [-0.4, -0.2) is 22.8 Å². The minimum Gasteiger partial charge on any atom is -0.488 e. The molecule has 0 saturated heterocycles. The van der Waals surface area contributed by atoms with Gasteiger partial charge in [-0.05, 0) is 12.1 Å². The van der Waals surface area contributed by atoms with Crippen molar-refractivity contribution >= 4 is 12.0 Å². The summed E-state index contributed by atoms with van der Waals surface area (Å²) in [7, 11) is 0. The molecule has 1 aliphatic rings. The predicted octanol–water partition coefficient (Wildman–Crippen LogP) is 2.15. The molecule has 0 unspecified atom stereocenters. The Morgan fingerprint density at radius 2 is 2.10 bits per heavy atom. The predicted molar refractivity (Wildman–Crippen MR) is 73.4 cm³/mol. The van der Waals surface area contributed by atoms with Gasteiger partial charge in [-0.15, -0.1) is 10.2 Å².